The van der Waals surface area contributed by atoms with Gasteiger partial charge >= 0.3 is 0 Å². The summed E-state index contributed by atoms with van der Waals surface area (Å²) in [6.45, 7) is 0.661. The van der Waals surface area contributed by atoms with Crippen LogP contribution in [0.4, 0.5) is 0 Å². The smallest absolute Gasteiger partial charge is 0.267 e. The Morgan fingerprint density at radius 1 is 1.27 bits per heavy atom. The second-order valence-electron chi connectivity index (χ2n) is 4.91. The number of benzene rings is 1. The van der Waals surface area contributed by atoms with E-state index in [9.17, 15) is 9.59 Å². The van der Waals surface area contributed by atoms with E-state index in [1.165, 1.54) is 6.08 Å². The summed E-state index contributed by atoms with van der Waals surface area (Å²) in [6, 6.07) is 6.92. The summed E-state index contributed by atoms with van der Waals surface area (Å²) in [5, 5.41) is 2.55. The summed E-state index contributed by atoms with van der Waals surface area (Å²) in [4.78, 5) is 28.2. The van der Waals surface area contributed by atoms with E-state index in [0.29, 0.717) is 12.2 Å². The number of carbonyl (C=O) groups excluding carboxylic acids is 2. The first-order valence-corrected chi connectivity index (χ1v) is 7.26. The fourth-order valence-electron chi connectivity index (χ4n) is 2.02. The average molecular weight is 304 g/mol. The van der Waals surface area contributed by atoms with Gasteiger partial charge in [-0.25, -0.2) is 10.3 Å². The quantitative estimate of drug-likeness (QED) is 0.640. The van der Waals surface area contributed by atoms with Gasteiger partial charge in [0.2, 0.25) is 0 Å². The van der Waals surface area contributed by atoms with Crippen molar-refractivity contribution >= 4 is 17.9 Å². The molecule has 0 aromatic heterocycles. The normalized spacial score (nSPS) is 18.1. The molecule has 1 atom stereocenters. The summed E-state index contributed by atoms with van der Waals surface area (Å²) in [6.07, 6.45) is 5.50. The first kappa shape index (κ1) is 16.2. The molecule has 6 heteroatoms. The maximum absolute atomic E-state index is 11.6. The van der Waals surface area contributed by atoms with Crippen LogP contribution in [-0.4, -0.2) is 31.8 Å². The van der Waals surface area contributed by atoms with Crippen LogP contribution >= 0.6 is 0 Å². The van der Waals surface area contributed by atoms with Gasteiger partial charge in [-0.05, 0) is 36.6 Å². The molecule has 1 saturated heterocycles. The number of hydrogen-bond acceptors (Lipinski definition) is 4. The summed E-state index contributed by atoms with van der Waals surface area (Å²) < 4.78 is 5.34. The van der Waals surface area contributed by atoms with Crippen molar-refractivity contribution in [1.82, 2.24) is 10.8 Å². The lowest BCUT2D eigenvalue weighted by Gasteiger charge is -2.21. The summed E-state index contributed by atoms with van der Waals surface area (Å²) in [5.41, 5.74) is 3.73. The molecule has 6 nitrogen and oxygen atoms in total. The molecule has 0 radical (unpaired) electrons. The predicted molar refractivity (Wildman–Crippen MR) is 81.7 cm³/mol. The summed E-state index contributed by atoms with van der Waals surface area (Å²) in [5.74, 6) is -0.501. The van der Waals surface area contributed by atoms with Crippen LogP contribution in [0.15, 0.2) is 30.3 Å². The lowest BCUT2D eigenvalue weighted by molar-refractivity contribution is -0.198. The molecule has 0 saturated carbocycles. The van der Waals surface area contributed by atoms with Crippen molar-refractivity contribution in [3.63, 3.8) is 0 Å². The molecule has 2 rings (SSSR count). The SMILES string of the molecule is CNC(=O)c1ccc(/C=C/C(=O)NO[C@@H]2CCCCO2)cc1. The van der Waals surface area contributed by atoms with Crippen molar-refractivity contribution in [2.24, 2.45) is 0 Å². The highest BCUT2D eigenvalue weighted by molar-refractivity contribution is 5.94. The maximum atomic E-state index is 11.6. The molecule has 118 valence electrons. The van der Waals surface area contributed by atoms with Gasteiger partial charge in [0.15, 0.2) is 6.29 Å². The Morgan fingerprint density at radius 3 is 2.68 bits per heavy atom. The fraction of sp³-hybridized carbons (Fsp3) is 0.375. The third-order valence-corrected chi connectivity index (χ3v) is 3.26. The van der Waals surface area contributed by atoms with Crippen molar-refractivity contribution < 1.29 is 19.2 Å². The summed E-state index contributed by atoms with van der Waals surface area (Å²) >= 11 is 0. The molecule has 1 aromatic carbocycles. The predicted octanol–water partition coefficient (Wildman–Crippen LogP) is 1.63. The third-order valence-electron chi connectivity index (χ3n) is 3.26. The third kappa shape index (κ3) is 4.98. The number of hydrogen-bond donors (Lipinski definition) is 2. The Hall–Kier alpha value is -2.18. The van der Waals surface area contributed by atoms with Gasteiger partial charge in [0.25, 0.3) is 11.8 Å². The number of ether oxygens (including phenoxy) is 1. The molecule has 0 aliphatic carbocycles. The van der Waals surface area contributed by atoms with Crippen LogP contribution in [0.5, 0.6) is 0 Å². The van der Waals surface area contributed by atoms with E-state index in [1.807, 2.05) is 0 Å². The number of amides is 2. The van der Waals surface area contributed by atoms with Gasteiger partial charge in [-0.15, -0.1) is 0 Å². The summed E-state index contributed by atoms with van der Waals surface area (Å²) in [7, 11) is 1.58. The Balaban J connectivity index is 1.80. The molecule has 22 heavy (non-hydrogen) atoms. The molecule has 2 N–H and O–H groups in total. The fourth-order valence-corrected chi connectivity index (χ4v) is 2.02. The monoisotopic (exact) mass is 304 g/mol. The maximum Gasteiger partial charge on any atom is 0.267 e. The second kappa shape index (κ2) is 8.31. The topological polar surface area (TPSA) is 76.7 Å². The molecule has 0 unspecified atom stereocenters. The highest BCUT2D eigenvalue weighted by Gasteiger charge is 2.14. The van der Waals surface area contributed by atoms with Gasteiger partial charge in [-0.2, -0.15) is 0 Å². The molecule has 1 aliphatic rings. The van der Waals surface area contributed by atoms with Gasteiger partial charge in [-0.1, -0.05) is 12.1 Å². The van der Waals surface area contributed by atoms with Crippen LogP contribution in [0.2, 0.25) is 0 Å². The largest absolute Gasteiger partial charge is 0.355 e. The Bertz CT molecular complexity index is 534. The molecule has 0 bridgehead atoms. The van der Waals surface area contributed by atoms with Crippen LogP contribution < -0.4 is 10.8 Å². The highest BCUT2D eigenvalue weighted by atomic mass is 16.8. The second-order valence-corrected chi connectivity index (χ2v) is 4.91. The number of nitrogens with one attached hydrogen (secondary N) is 2. The van der Waals surface area contributed by atoms with Crippen molar-refractivity contribution in [2.75, 3.05) is 13.7 Å². The minimum Gasteiger partial charge on any atom is -0.355 e. The minimum atomic E-state index is -0.363. The zero-order valence-corrected chi connectivity index (χ0v) is 12.5. The molecule has 1 heterocycles. The molecule has 2 amide bonds. The Morgan fingerprint density at radius 2 is 2.05 bits per heavy atom. The lowest BCUT2D eigenvalue weighted by Crippen LogP contribution is -2.32. The van der Waals surface area contributed by atoms with Crippen molar-refractivity contribution in [2.45, 2.75) is 25.6 Å². The van der Waals surface area contributed by atoms with Crippen LogP contribution in [0.25, 0.3) is 6.08 Å². The molecule has 1 aliphatic heterocycles. The number of hydroxylamine groups is 1. The van der Waals surface area contributed by atoms with Crippen LogP contribution in [0.3, 0.4) is 0 Å². The first-order chi connectivity index (χ1) is 10.7. The number of rotatable bonds is 5. The molecular weight excluding hydrogens is 284 g/mol. The van der Waals surface area contributed by atoms with Crippen LogP contribution in [-0.2, 0) is 14.4 Å². The standard InChI is InChI=1S/C16H20N2O4/c1-17-16(20)13-8-5-12(6-9-13)7-10-14(19)18-22-15-4-2-3-11-21-15/h5-10,15H,2-4,11H2,1H3,(H,17,20)(H,18,19)/b10-7+/t15-/m1/s1. The van der Waals surface area contributed by atoms with Crippen LogP contribution in [0, 0.1) is 0 Å². The van der Waals surface area contributed by atoms with Gasteiger partial charge in [0.1, 0.15) is 0 Å². The van der Waals surface area contributed by atoms with E-state index in [-0.39, 0.29) is 18.1 Å². The first-order valence-electron chi connectivity index (χ1n) is 7.26. The van der Waals surface area contributed by atoms with E-state index in [4.69, 9.17) is 9.57 Å². The van der Waals surface area contributed by atoms with Gasteiger partial charge < -0.3 is 10.1 Å². The van der Waals surface area contributed by atoms with Crippen molar-refractivity contribution in [3.05, 3.63) is 41.5 Å². The molecule has 1 aromatic rings. The average Bonchev–Trinajstić information content (AvgIpc) is 2.58. The molecule has 1 fully saturated rings. The molecular formula is C16H20N2O4. The van der Waals surface area contributed by atoms with E-state index >= 15 is 0 Å². The van der Waals surface area contributed by atoms with Crippen molar-refractivity contribution in [1.29, 1.82) is 0 Å². The van der Waals surface area contributed by atoms with E-state index in [1.54, 1.807) is 37.4 Å². The molecule has 0 spiro atoms. The minimum absolute atomic E-state index is 0.144. The van der Waals surface area contributed by atoms with E-state index in [0.717, 1.165) is 24.8 Å². The van der Waals surface area contributed by atoms with E-state index in [2.05, 4.69) is 10.8 Å². The van der Waals surface area contributed by atoms with Gasteiger partial charge in [-0.3, -0.25) is 9.59 Å². The van der Waals surface area contributed by atoms with Gasteiger partial charge in [0, 0.05) is 31.7 Å². The number of carbonyl (C=O) groups is 2. The highest BCUT2D eigenvalue weighted by Crippen LogP contribution is 2.12. The zero-order chi connectivity index (χ0) is 15.8. The van der Waals surface area contributed by atoms with E-state index < -0.39 is 0 Å². The van der Waals surface area contributed by atoms with Crippen LogP contribution in [0.1, 0.15) is 35.2 Å². The Kier molecular flexibility index (Phi) is 6.12. The van der Waals surface area contributed by atoms with Gasteiger partial charge in [0.05, 0.1) is 0 Å². The Labute approximate surface area is 129 Å². The lowest BCUT2D eigenvalue weighted by atomic mass is 10.1. The zero-order valence-electron chi connectivity index (χ0n) is 12.5. The van der Waals surface area contributed by atoms with Crippen molar-refractivity contribution in [3.8, 4) is 0 Å².